The highest BCUT2D eigenvalue weighted by Gasteiger charge is 2.41. The van der Waals surface area contributed by atoms with E-state index >= 15 is 0 Å². The van der Waals surface area contributed by atoms with Crippen LogP contribution in [-0.4, -0.2) is 10.7 Å². The lowest BCUT2D eigenvalue weighted by atomic mass is 9.97. The molecule has 0 N–H and O–H groups in total. The van der Waals surface area contributed by atoms with Crippen LogP contribution >= 0.6 is 11.6 Å². The van der Waals surface area contributed by atoms with Crippen molar-refractivity contribution in [2.75, 3.05) is 0 Å². The SMILES string of the molecule is Cc1ccc(C2=NN3[C@H](C2)c2cc(Cl)ccc2O[C@H]3c2ccc(F)c(F)c2)o1. The minimum Gasteiger partial charge on any atom is -0.464 e. The summed E-state index contributed by atoms with van der Waals surface area (Å²) in [5.41, 5.74) is 2.14. The average molecular weight is 401 g/mol. The van der Waals surface area contributed by atoms with E-state index in [1.165, 1.54) is 6.07 Å². The van der Waals surface area contributed by atoms with Gasteiger partial charge in [0.05, 0.1) is 6.04 Å². The molecule has 0 radical (unpaired) electrons. The number of halogens is 3. The molecule has 0 aliphatic carbocycles. The zero-order valence-electron chi connectivity index (χ0n) is 14.8. The molecule has 3 aromatic rings. The summed E-state index contributed by atoms with van der Waals surface area (Å²) in [6, 6.07) is 12.7. The highest BCUT2D eigenvalue weighted by atomic mass is 35.5. The third-order valence-corrected chi connectivity index (χ3v) is 5.24. The molecular weight excluding hydrogens is 386 g/mol. The van der Waals surface area contributed by atoms with Crippen LogP contribution in [0, 0.1) is 18.6 Å². The molecule has 0 saturated heterocycles. The van der Waals surface area contributed by atoms with E-state index in [1.807, 2.05) is 25.1 Å². The first kappa shape index (κ1) is 17.3. The molecule has 2 aliphatic heterocycles. The summed E-state index contributed by atoms with van der Waals surface area (Å²) < 4.78 is 39.1. The van der Waals surface area contributed by atoms with Gasteiger partial charge in [-0.3, -0.25) is 0 Å². The van der Waals surface area contributed by atoms with Crippen LogP contribution in [0.4, 0.5) is 8.78 Å². The predicted octanol–water partition coefficient (Wildman–Crippen LogP) is 5.76. The van der Waals surface area contributed by atoms with Crippen LogP contribution in [0.1, 0.15) is 41.3 Å². The highest BCUT2D eigenvalue weighted by molar-refractivity contribution is 6.30. The maximum Gasteiger partial charge on any atom is 0.213 e. The molecule has 3 heterocycles. The normalized spacial score (nSPS) is 20.4. The second kappa shape index (κ2) is 6.34. The number of nitrogens with zero attached hydrogens (tertiary/aromatic N) is 2. The van der Waals surface area contributed by atoms with Crippen LogP contribution in [0.25, 0.3) is 0 Å². The van der Waals surface area contributed by atoms with Gasteiger partial charge in [-0.15, -0.1) is 0 Å². The third-order valence-electron chi connectivity index (χ3n) is 5.01. The third kappa shape index (κ3) is 2.76. The summed E-state index contributed by atoms with van der Waals surface area (Å²) in [6.07, 6.45) is -0.105. The number of rotatable bonds is 2. The van der Waals surface area contributed by atoms with Crippen LogP contribution in [0.15, 0.2) is 58.0 Å². The van der Waals surface area contributed by atoms with Gasteiger partial charge in [-0.25, -0.2) is 13.8 Å². The number of hydrogen-bond donors (Lipinski definition) is 0. The molecule has 0 amide bonds. The number of furan rings is 1. The Labute approximate surface area is 165 Å². The first-order valence-electron chi connectivity index (χ1n) is 8.83. The molecule has 5 rings (SSSR count). The van der Waals surface area contributed by atoms with Crippen molar-refractivity contribution in [1.29, 1.82) is 0 Å². The molecule has 28 heavy (non-hydrogen) atoms. The Morgan fingerprint density at radius 2 is 1.93 bits per heavy atom. The summed E-state index contributed by atoms with van der Waals surface area (Å²) in [7, 11) is 0. The van der Waals surface area contributed by atoms with Crippen molar-refractivity contribution in [2.24, 2.45) is 5.10 Å². The maximum absolute atomic E-state index is 13.9. The fourth-order valence-electron chi connectivity index (χ4n) is 3.68. The molecule has 2 aromatic carbocycles. The molecule has 0 spiro atoms. The largest absolute Gasteiger partial charge is 0.464 e. The molecule has 7 heteroatoms. The van der Waals surface area contributed by atoms with E-state index in [2.05, 4.69) is 0 Å². The van der Waals surface area contributed by atoms with Gasteiger partial charge in [-0.1, -0.05) is 17.7 Å². The van der Waals surface area contributed by atoms with Gasteiger partial charge in [0.15, 0.2) is 11.6 Å². The van der Waals surface area contributed by atoms with Crippen molar-refractivity contribution in [2.45, 2.75) is 25.6 Å². The van der Waals surface area contributed by atoms with E-state index in [9.17, 15) is 8.78 Å². The van der Waals surface area contributed by atoms with Crippen molar-refractivity contribution < 1.29 is 17.9 Å². The van der Waals surface area contributed by atoms with Crippen molar-refractivity contribution >= 4 is 17.3 Å². The van der Waals surface area contributed by atoms with Crippen molar-refractivity contribution in [3.63, 3.8) is 0 Å². The summed E-state index contributed by atoms with van der Waals surface area (Å²) >= 11 is 6.19. The van der Waals surface area contributed by atoms with Gasteiger partial charge in [0.25, 0.3) is 0 Å². The first-order chi connectivity index (χ1) is 13.5. The molecule has 2 atom stereocenters. The van der Waals surface area contributed by atoms with Crippen LogP contribution < -0.4 is 4.74 Å². The van der Waals surface area contributed by atoms with E-state index in [0.29, 0.717) is 28.5 Å². The highest BCUT2D eigenvalue weighted by Crippen LogP contribution is 2.48. The van der Waals surface area contributed by atoms with Gasteiger partial charge in [0.2, 0.25) is 6.23 Å². The molecule has 0 fully saturated rings. The van der Waals surface area contributed by atoms with Crippen molar-refractivity contribution in [1.82, 2.24) is 5.01 Å². The Morgan fingerprint density at radius 3 is 2.68 bits per heavy atom. The quantitative estimate of drug-likeness (QED) is 0.548. The monoisotopic (exact) mass is 400 g/mol. The number of benzene rings is 2. The summed E-state index contributed by atoms with van der Waals surface area (Å²) in [5, 5.41) is 7.06. The van der Waals surface area contributed by atoms with Crippen molar-refractivity contribution in [3.8, 4) is 5.75 Å². The smallest absolute Gasteiger partial charge is 0.213 e. The second-order valence-electron chi connectivity index (χ2n) is 6.88. The number of aryl methyl sites for hydroxylation is 1. The van der Waals surface area contributed by atoms with Gasteiger partial charge < -0.3 is 9.15 Å². The van der Waals surface area contributed by atoms with E-state index in [4.69, 9.17) is 25.9 Å². The zero-order chi connectivity index (χ0) is 19.4. The van der Waals surface area contributed by atoms with E-state index in [-0.39, 0.29) is 6.04 Å². The molecule has 4 nitrogen and oxygen atoms in total. The molecule has 0 unspecified atom stereocenters. The van der Waals surface area contributed by atoms with E-state index in [0.717, 1.165) is 29.2 Å². The summed E-state index contributed by atoms with van der Waals surface area (Å²) in [4.78, 5) is 0. The Hall–Kier alpha value is -2.86. The standard InChI is InChI=1S/C21H15ClF2N2O2/c1-11-2-6-20(27-11)17-10-18-14-9-13(22)4-7-19(14)28-21(26(18)25-17)12-3-5-15(23)16(24)8-12/h2-9,18,21H,10H2,1H3/t18-,21+/m1/s1. The molecular formula is C21H15ClF2N2O2. The number of ether oxygens (including phenoxy) is 1. The lowest BCUT2D eigenvalue weighted by molar-refractivity contribution is -0.0192. The van der Waals surface area contributed by atoms with Crippen LogP contribution in [0.3, 0.4) is 0 Å². The molecule has 0 saturated carbocycles. The van der Waals surface area contributed by atoms with Crippen LogP contribution in [-0.2, 0) is 0 Å². The lowest BCUT2D eigenvalue weighted by Gasteiger charge is -2.38. The van der Waals surface area contributed by atoms with E-state index < -0.39 is 17.9 Å². The topological polar surface area (TPSA) is 38.0 Å². The Bertz CT molecular complexity index is 1110. The molecule has 2 aliphatic rings. The van der Waals surface area contributed by atoms with E-state index in [1.54, 1.807) is 17.1 Å². The van der Waals surface area contributed by atoms with Crippen molar-refractivity contribution in [3.05, 3.63) is 87.8 Å². The second-order valence-corrected chi connectivity index (χ2v) is 7.32. The van der Waals surface area contributed by atoms with Gasteiger partial charge in [-0.2, -0.15) is 5.10 Å². The van der Waals surface area contributed by atoms with Crippen LogP contribution in [0.5, 0.6) is 5.75 Å². The predicted molar refractivity (Wildman–Crippen MR) is 100 cm³/mol. The first-order valence-corrected chi connectivity index (χ1v) is 9.21. The fourth-order valence-corrected chi connectivity index (χ4v) is 3.86. The summed E-state index contributed by atoms with van der Waals surface area (Å²) in [6.45, 7) is 1.87. The summed E-state index contributed by atoms with van der Waals surface area (Å²) in [5.74, 6) is 0.288. The molecule has 0 bridgehead atoms. The minimum absolute atomic E-state index is 0.152. The van der Waals surface area contributed by atoms with Gasteiger partial charge in [0.1, 0.15) is 23.0 Å². The number of fused-ring (bicyclic) bond motifs is 3. The fraction of sp³-hybridized carbons (Fsp3) is 0.190. The maximum atomic E-state index is 13.9. The number of hydrazone groups is 1. The molecule has 142 valence electrons. The number of hydrogen-bond acceptors (Lipinski definition) is 4. The van der Waals surface area contributed by atoms with Gasteiger partial charge in [-0.05, 0) is 49.4 Å². The van der Waals surface area contributed by atoms with Gasteiger partial charge in [0, 0.05) is 22.6 Å². The molecule has 1 aromatic heterocycles. The lowest BCUT2D eigenvalue weighted by Crippen LogP contribution is -2.33. The zero-order valence-corrected chi connectivity index (χ0v) is 15.6. The Morgan fingerprint density at radius 1 is 1.07 bits per heavy atom. The Balaban J connectivity index is 1.62. The van der Waals surface area contributed by atoms with Crippen LogP contribution in [0.2, 0.25) is 5.02 Å². The van der Waals surface area contributed by atoms with Gasteiger partial charge >= 0.3 is 0 Å². The minimum atomic E-state index is -0.926. The average Bonchev–Trinajstić information content (AvgIpc) is 3.30. The Kier molecular flexibility index (Phi) is 3.91.